The standard InChI is InChI=1S/C18H25BrN2O3/c19-15-7-3-4-8-16(15)24-14-6-9-17(22)20-11-13-21-12-5-1-2-10-18(21)23/h3-4,7-8H,1-2,5-6,9-14H2,(H,20,22). The van der Waals surface area contributed by atoms with E-state index < -0.39 is 0 Å². The van der Waals surface area contributed by atoms with Crippen molar-refractivity contribution in [3.05, 3.63) is 28.7 Å². The molecule has 0 unspecified atom stereocenters. The smallest absolute Gasteiger partial charge is 0.222 e. The molecule has 0 atom stereocenters. The molecule has 2 rings (SSSR count). The van der Waals surface area contributed by atoms with Crippen molar-refractivity contribution < 1.29 is 14.3 Å². The second-order valence-corrected chi connectivity index (χ2v) is 6.78. The molecule has 1 saturated heterocycles. The molecule has 2 amide bonds. The van der Waals surface area contributed by atoms with Crippen LogP contribution in [-0.2, 0) is 9.59 Å². The number of amides is 2. The van der Waals surface area contributed by atoms with Gasteiger partial charge in [0, 0.05) is 32.5 Å². The van der Waals surface area contributed by atoms with Crippen LogP contribution in [0.25, 0.3) is 0 Å². The molecule has 1 aromatic rings. The maximum absolute atomic E-state index is 11.9. The third kappa shape index (κ3) is 6.51. The van der Waals surface area contributed by atoms with E-state index in [-0.39, 0.29) is 11.8 Å². The Balaban J connectivity index is 1.56. The summed E-state index contributed by atoms with van der Waals surface area (Å²) >= 11 is 3.42. The van der Waals surface area contributed by atoms with Gasteiger partial charge in [0.2, 0.25) is 11.8 Å². The van der Waals surface area contributed by atoms with E-state index in [1.807, 2.05) is 29.2 Å². The fourth-order valence-corrected chi connectivity index (χ4v) is 3.07. The van der Waals surface area contributed by atoms with E-state index in [0.29, 0.717) is 39.0 Å². The fraction of sp³-hybridized carbons (Fsp3) is 0.556. The van der Waals surface area contributed by atoms with Gasteiger partial charge in [-0.2, -0.15) is 0 Å². The van der Waals surface area contributed by atoms with Gasteiger partial charge in [0.05, 0.1) is 11.1 Å². The van der Waals surface area contributed by atoms with Crippen molar-refractivity contribution in [2.45, 2.75) is 38.5 Å². The van der Waals surface area contributed by atoms with Gasteiger partial charge in [-0.05, 0) is 47.3 Å². The van der Waals surface area contributed by atoms with Crippen molar-refractivity contribution in [3.8, 4) is 5.75 Å². The molecule has 5 nitrogen and oxygen atoms in total. The molecule has 0 aliphatic carbocycles. The highest BCUT2D eigenvalue weighted by molar-refractivity contribution is 9.10. The highest BCUT2D eigenvalue weighted by atomic mass is 79.9. The number of para-hydroxylation sites is 1. The number of hydrogen-bond acceptors (Lipinski definition) is 3. The largest absolute Gasteiger partial charge is 0.492 e. The van der Waals surface area contributed by atoms with E-state index in [4.69, 9.17) is 4.74 Å². The average Bonchev–Trinajstić information content (AvgIpc) is 2.78. The topological polar surface area (TPSA) is 58.6 Å². The lowest BCUT2D eigenvalue weighted by Crippen LogP contribution is -2.38. The monoisotopic (exact) mass is 396 g/mol. The molecule has 0 radical (unpaired) electrons. The van der Waals surface area contributed by atoms with Gasteiger partial charge >= 0.3 is 0 Å². The van der Waals surface area contributed by atoms with Crippen molar-refractivity contribution in [2.75, 3.05) is 26.2 Å². The molecule has 1 aliphatic heterocycles. The van der Waals surface area contributed by atoms with Crippen LogP contribution in [0.1, 0.15) is 38.5 Å². The van der Waals surface area contributed by atoms with Crippen LogP contribution in [-0.4, -0.2) is 43.0 Å². The number of nitrogens with one attached hydrogen (secondary N) is 1. The van der Waals surface area contributed by atoms with Crippen LogP contribution >= 0.6 is 15.9 Å². The predicted octanol–water partition coefficient (Wildman–Crippen LogP) is 3.13. The summed E-state index contributed by atoms with van der Waals surface area (Å²) in [6.45, 7) is 2.45. The van der Waals surface area contributed by atoms with Crippen molar-refractivity contribution in [1.29, 1.82) is 0 Å². The third-order valence-electron chi connectivity index (χ3n) is 4.02. The fourth-order valence-electron chi connectivity index (χ4n) is 2.67. The molecule has 1 N–H and O–H groups in total. The van der Waals surface area contributed by atoms with Crippen molar-refractivity contribution in [3.63, 3.8) is 0 Å². The van der Waals surface area contributed by atoms with Gasteiger partial charge in [0.15, 0.2) is 0 Å². The maximum Gasteiger partial charge on any atom is 0.222 e. The lowest BCUT2D eigenvalue weighted by Gasteiger charge is -2.20. The number of nitrogens with zero attached hydrogens (tertiary/aromatic N) is 1. The first-order valence-corrected chi connectivity index (χ1v) is 9.38. The van der Waals surface area contributed by atoms with Crippen LogP contribution < -0.4 is 10.1 Å². The number of carbonyl (C=O) groups is 2. The second kappa shape index (κ2) is 10.3. The summed E-state index contributed by atoms with van der Waals surface area (Å²) in [5.41, 5.74) is 0. The minimum Gasteiger partial charge on any atom is -0.492 e. The lowest BCUT2D eigenvalue weighted by atomic mass is 10.2. The molecule has 0 saturated carbocycles. The average molecular weight is 397 g/mol. The summed E-state index contributed by atoms with van der Waals surface area (Å²) in [5.74, 6) is 1.01. The van der Waals surface area contributed by atoms with E-state index in [2.05, 4.69) is 21.2 Å². The van der Waals surface area contributed by atoms with Crippen LogP contribution in [0, 0.1) is 0 Å². The van der Waals surface area contributed by atoms with Gasteiger partial charge in [-0.15, -0.1) is 0 Å². The number of likely N-dealkylation sites (tertiary alicyclic amines) is 1. The van der Waals surface area contributed by atoms with Crippen LogP contribution in [0.3, 0.4) is 0 Å². The zero-order valence-corrected chi connectivity index (χ0v) is 15.5. The van der Waals surface area contributed by atoms with Gasteiger partial charge in [0.1, 0.15) is 5.75 Å². The molecule has 1 fully saturated rings. The summed E-state index contributed by atoms with van der Waals surface area (Å²) in [6, 6.07) is 7.66. The van der Waals surface area contributed by atoms with Crippen LogP contribution in [0.4, 0.5) is 0 Å². The van der Waals surface area contributed by atoms with Gasteiger partial charge in [-0.3, -0.25) is 9.59 Å². The molecule has 1 heterocycles. The molecule has 0 bridgehead atoms. The molecule has 132 valence electrons. The van der Waals surface area contributed by atoms with Crippen molar-refractivity contribution in [2.24, 2.45) is 0 Å². The predicted molar refractivity (Wildman–Crippen MR) is 96.9 cm³/mol. The van der Waals surface area contributed by atoms with Gasteiger partial charge in [0.25, 0.3) is 0 Å². The Morgan fingerprint density at radius 2 is 2.08 bits per heavy atom. The molecule has 6 heteroatoms. The van der Waals surface area contributed by atoms with Crippen LogP contribution in [0.2, 0.25) is 0 Å². The summed E-state index contributed by atoms with van der Waals surface area (Å²) < 4.78 is 6.55. The minimum absolute atomic E-state index is 0.00741. The Hall–Kier alpha value is -1.56. The zero-order valence-electron chi connectivity index (χ0n) is 13.9. The number of rotatable bonds is 8. The molecule has 0 aromatic heterocycles. The number of carbonyl (C=O) groups excluding carboxylic acids is 2. The summed E-state index contributed by atoms with van der Waals surface area (Å²) in [6.07, 6.45) is 4.89. The Labute approximate surface area is 151 Å². The molecule has 1 aromatic carbocycles. The first kappa shape index (κ1) is 18.8. The molecular weight excluding hydrogens is 372 g/mol. The van der Waals surface area contributed by atoms with Gasteiger partial charge < -0.3 is 15.0 Å². The Morgan fingerprint density at radius 1 is 1.25 bits per heavy atom. The van der Waals surface area contributed by atoms with Gasteiger partial charge in [-0.25, -0.2) is 0 Å². The second-order valence-electron chi connectivity index (χ2n) is 5.92. The quantitative estimate of drug-likeness (QED) is 0.686. The van der Waals surface area contributed by atoms with Crippen LogP contribution in [0.15, 0.2) is 28.7 Å². The van der Waals surface area contributed by atoms with E-state index in [1.165, 1.54) is 0 Å². The van der Waals surface area contributed by atoms with E-state index in [9.17, 15) is 9.59 Å². The summed E-state index contributed by atoms with van der Waals surface area (Å²) in [7, 11) is 0. The number of ether oxygens (including phenoxy) is 1. The molecule has 1 aliphatic rings. The van der Waals surface area contributed by atoms with Gasteiger partial charge in [-0.1, -0.05) is 18.6 Å². The van der Waals surface area contributed by atoms with Crippen molar-refractivity contribution in [1.82, 2.24) is 10.2 Å². The SMILES string of the molecule is O=C(CCCOc1ccccc1Br)NCCN1CCCCCC1=O. The highest BCUT2D eigenvalue weighted by Crippen LogP contribution is 2.23. The van der Waals surface area contributed by atoms with E-state index >= 15 is 0 Å². The number of hydrogen-bond donors (Lipinski definition) is 1. The van der Waals surface area contributed by atoms with E-state index in [1.54, 1.807) is 0 Å². The summed E-state index contributed by atoms with van der Waals surface area (Å²) in [4.78, 5) is 25.6. The minimum atomic E-state index is 0.00741. The molecule has 0 spiro atoms. The highest BCUT2D eigenvalue weighted by Gasteiger charge is 2.16. The normalized spacial score (nSPS) is 15.0. The van der Waals surface area contributed by atoms with E-state index in [0.717, 1.165) is 36.0 Å². The Kier molecular flexibility index (Phi) is 8.08. The Morgan fingerprint density at radius 3 is 2.92 bits per heavy atom. The maximum atomic E-state index is 11.9. The van der Waals surface area contributed by atoms with Crippen LogP contribution in [0.5, 0.6) is 5.75 Å². The van der Waals surface area contributed by atoms with Crippen molar-refractivity contribution >= 4 is 27.7 Å². The third-order valence-corrected chi connectivity index (χ3v) is 4.67. The zero-order chi connectivity index (χ0) is 17.2. The lowest BCUT2D eigenvalue weighted by molar-refractivity contribution is -0.131. The molecule has 24 heavy (non-hydrogen) atoms. The first-order chi connectivity index (χ1) is 11.7. The Bertz CT molecular complexity index is 551. The number of benzene rings is 1. The first-order valence-electron chi connectivity index (χ1n) is 8.58. The summed E-state index contributed by atoms with van der Waals surface area (Å²) in [5, 5.41) is 2.88. The molecular formula is C18H25BrN2O3. The number of halogens is 1.